The van der Waals surface area contributed by atoms with Gasteiger partial charge in [-0.25, -0.2) is 19.7 Å². The van der Waals surface area contributed by atoms with Crippen LogP contribution in [-0.2, 0) is 35.9 Å². The second-order valence-electron chi connectivity index (χ2n) is 19.3. The summed E-state index contributed by atoms with van der Waals surface area (Å²) in [4.78, 5) is 90.5. The number of esters is 1. The van der Waals surface area contributed by atoms with Crippen molar-refractivity contribution < 1.29 is 43.4 Å². The van der Waals surface area contributed by atoms with E-state index in [0.29, 0.717) is 47.0 Å². The summed E-state index contributed by atoms with van der Waals surface area (Å²) in [5.74, 6) is 3.94. The molecule has 1 aromatic heterocycles. The number of ether oxygens (including phenoxy) is 3. The quantitative estimate of drug-likeness (QED) is 0.0568. The molecule has 1 aliphatic carbocycles. The van der Waals surface area contributed by atoms with Gasteiger partial charge in [0, 0.05) is 56.3 Å². The minimum absolute atomic E-state index is 0.0453. The molecule has 0 radical (unpaired) electrons. The van der Waals surface area contributed by atoms with Crippen LogP contribution in [0.15, 0.2) is 158 Å². The highest BCUT2D eigenvalue weighted by Gasteiger charge is 2.76. The topological polar surface area (TPSA) is 198 Å². The molecule has 6 aromatic rings. The van der Waals surface area contributed by atoms with Gasteiger partial charge in [-0.3, -0.25) is 29.4 Å². The minimum atomic E-state index is -2.10. The number of piperazine rings is 1. The van der Waals surface area contributed by atoms with Gasteiger partial charge in [0.15, 0.2) is 0 Å². The number of non-ortho nitro benzene ring substituents is 1. The van der Waals surface area contributed by atoms with Crippen LogP contribution in [0.25, 0.3) is 0 Å². The average Bonchev–Trinajstić information content (AvgIpc) is 4.11. The number of nitrogens with zero attached hydrogens (tertiary/aromatic N) is 7. The molecule has 17 heteroatoms. The molecule has 76 heavy (non-hydrogen) atoms. The Morgan fingerprint density at radius 1 is 0.803 bits per heavy atom. The van der Waals surface area contributed by atoms with Gasteiger partial charge in [0.25, 0.3) is 5.69 Å². The lowest BCUT2D eigenvalue weighted by molar-refractivity contribution is -0.384. The fourth-order valence-corrected chi connectivity index (χ4v) is 11.7. The molecule has 1 spiro atoms. The molecule has 384 valence electrons. The first-order valence-electron chi connectivity index (χ1n) is 25.5. The standard InChI is InChI=1S/C59H53N7O10/c67-34-35-74-46-19-10-18-44(37-46)53-59(47-36-40(21-20-39-12-4-1-5-13-39)24-27-48(47)64(56(59)70)58(71)75-38-41-22-25-45(26-23-41)66(72)73)49(54(68)62-30-32-63(33-31-62)57-60-28-11-29-61-57)51-55(69)76-52(43-16-8-3-9-17-43)50(65(51)53)42-14-6-2-7-15-42/h2-3,6-12,14-19,22-29,36-37,49-53,67H,1,4-5,13,30-35,38H2. The normalized spacial score (nSPS) is 22.9. The van der Waals surface area contributed by atoms with E-state index in [1.54, 1.807) is 59.8 Å². The Kier molecular flexibility index (Phi) is 13.8. The predicted molar refractivity (Wildman–Crippen MR) is 278 cm³/mol. The maximum absolute atomic E-state index is 16.9. The van der Waals surface area contributed by atoms with Crippen molar-refractivity contribution in [3.63, 3.8) is 0 Å². The van der Waals surface area contributed by atoms with E-state index in [-0.39, 0.29) is 49.8 Å². The molecule has 6 atom stereocenters. The number of cyclic esters (lactones) is 1. The first-order chi connectivity index (χ1) is 37.1. The van der Waals surface area contributed by atoms with Gasteiger partial charge < -0.3 is 29.1 Å². The fourth-order valence-electron chi connectivity index (χ4n) is 11.7. The van der Waals surface area contributed by atoms with E-state index in [1.165, 1.54) is 24.3 Å². The number of hydrogen-bond donors (Lipinski definition) is 1. The number of rotatable bonds is 11. The van der Waals surface area contributed by atoms with Crippen molar-refractivity contribution in [1.29, 1.82) is 0 Å². The summed E-state index contributed by atoms with van der Waals surface area (Å²) >= 11 is 0. The number of carbonyl (C=O) groups excluding carboxylic acids is 4. The number of hydrogen-bond acceptors (Lipinski definition) is 14. The largest absolute Gasteiger partial charge is 0.491 e. The highest BCUT2D eigenvalue weighted by Crippen LogP contribution is 2.66. The Bertz CT molecular complexity index is 3270. The summed E-state index contributed by atoms with van der Waals surface area (Å²) < 4.78 is 18.7. The van der Waals surface area contributed by atoms with Crippen molar-refractivity contribution in [2.75, 3.05) is 49.2 Å². The lowest BCUT2D eigenvalue weighted by Crippen LogP contribution is -2.59. The van der Waals surface area contributed by atoms with E-state index in [1.807, 2.05) is 76.5 Å². The third kappa shape index (κ3) is 9.09. The number of fused-ring (bicyclic) bond motifs is 3. The number of anilines is 2. The Morgan fingerprint density at radius 2 is 1.53 bits per heavy atom. The zero-order valence-electron chi connectivity index (χ0n) is 41.4. The molecule has 3 fully saturated rings. The van der Waals surface area contributed by atoms with Crippen molar-refractivity contribution in [3.8, 4) is 17.6 Å². The highest BCUT2D eigenvalue weighted by molar-refractivity contribution is 6.23. The van der Waals surface area contributed by atoms with Crippen molar-refractivity contribution in [1.82, 2.24) is 19.8 Å². The number of nitro groups is 1. The van der Waals surface area contributed by atoms with E-state index in [2.05, 4.69) is 27.9 Å². The van der Waals surface area contributed by atoms with Gasteiger partial charge in [-0.2, -0.15) is 0 Å². The number of allylic oxidation sites excluding steroid dienone is 2. The Labute approximate surface area is 438 Å². The summed E-state index contributed by atoms with van der Waals surface area (Å²) in [6, 6.07) is 34.8. The van der Waals surface area contributed by atoms with Gasteiger partial charge in [0.05, 0.1) is 35.2 Å². The van der Waals surface area contributed by atoms with Crippen LogP contribution >= 0.6 is 0 Å². The van der Waals surface area contributed by atoms with Crippen LogP contribution in [0.2, 0.25) is 0 Å². The summed E-state index contributed by atoms with van der Waals surface area (Å²) in [7, 11) is 0. The van der Waals surface area contributed by atoms with Gasteiger partial charge in [-0.1, -0.05) is 90.7 Å². The molecule has 0 saturated carbocycles. The zero-order valence-corrected chi connectivity index (χ0v) is 41.4. The Morgan fingerprint density at radius 3 is 2.22 bits per heavy atom. The third-order valence-electron chi connectivity index (χ3n) is 15.0. The number of nitro benzene ring substituents is 1. The lowest BCUT2D eigenvalue weighted by Gasteiger charge is -2.46. The lowest BCUT2D eigenvalue weighted by atomic mass is 9.64. The van der Waals surface area contributed by atoms with E-state index in [0.717, 1.165) is 41.7 Å². The molecule has 3 saturated heterocycles. The van der Waals surface area contributed by atoms with Crippen LogP contribution < -0.4 is 14.5 Å². The summed E-state index contributed by atoms with van der Waals surface area (Å²) in [6.07, 6.45) is 7.19. The van der Waals surface area contributed by atoms with Crippen molar-refractivity contribution in [2.45, 2.75) is 61.9 Å². The van der Waals surface area contributed by atoms with Crippen LogP contribution in [0.5, 0.6) is 5.75 Å². The molecule has 6 unspecified atom stereocenters. The number of imide groups is 1. The number of morpholine rings is 1. The second kappa shape index (κ2) is 21.3. The number of aliphatic hydroxyl groups is 1. The maximum atomic E-state index is 16.9. The molecule has 5 aromatic carbocycles. The first-order valence-corrected chi connectivity index (χ1v) is 25.5. The van der Waals surface area contributed by atoms with E-state index in [4.69, 9.17) is 14.2 Å². The molecule has 11 rings (SSSR count). The molecular weight excluding hydrogens is 967 g/mol. The van der Waals surface area contributed by atoms with Gasteiger partial charge in [-0.15, -0.1) is 0 Å². The third-order valence-corrected chi connectivity index (χ3v) is 15.0. The van der Waals surface area contributed by atoms with Crippen LogP contribution in [0.3, 0.4) is 0 Å². The number of aliphatic hydroxyl groups excluding tert-OH is 1. The summed E-state index contributed by atoms with van der Waals surface area (Å²) in [5.41, 5.74) is 1.96. The molecule has 17 nitrogen and oxygen atoms in total. The molecular formula is C59H53N7O10. The first kappa shape index (κ1) is 49.5. The smallest absolute Gasteiger partial charge is 0.421 e. The van der Waals surface area contributed by atoms with Crippen LogP contribution in [0.4, 0.5) is 22.1 Å². The van der Waals surface area contributed by atoms with Crippen molar-refractivity contribution in [3.05, 3.63) is 201 Å². The molecule has 5 heterocycles. The predicted octanol–water partition coefficient (Wildman–Crippen LogP) is 7.96. The van der Waals surface area contributed by atoms with E-state index in [9.17, 15) is 15.2 Å². The van der Waals surface area contributed by atoms with Gasteiger partial charge >= 0.3 is 12.1 Å². The Balaban J connectivity index is 1.15. The van der Waals surface area contributed by atoms with Gasteiger partial charge in [-0.05, 0) is 108 Å². The summed E-state index contributed by atoms with van der Waals surface area (Å²) in [6.45, 7) is 0.351. The molecule has 4 aliphatic heterocycles. The van der Waals surface area contributed by atoms with Crippen LogP contribution in [0, 0.1) is 27.9 Å². The highest BCUT2D eigenvalue weighted by atomic mass is 16.6. The van der Waals surface area contributed by atoms with E-state index >= 15 is 19.2 Å². The summed E-state index contributed by atoms with van der Waals surface area (Å²) in [5, 5.41) is 21.4. The average molecular weight is 1020 g/mol. The SMILES string of the molecule is O=C1OC(c2ccccc2)C(c2ccccc2)N2C1C(C(=O)N1CCN(c3ncccn3)CC1)C1(C(=O)N(C(=O)OCc3ccc([N+](=O)[O-])cc3)c3ccc(C#CC4=CCCCC4)cc31)C2c1cccc(OCCO)c1. The Hall–Kier alpha value is -8.72. The number of aromatic nitrogens is 2. The van der Waals surface area contributed by atoms with Crippen LogP contribution in [-0.4, -0.2) is 99.1 Å². The second-order valence-corrected chi connectivity index (χ2v) is 19.3. The van der Waals surface area contributed by atoms with Gasteiger partial charge in [0.2, 0.25) is 17.8 Å². The fraction of sp³-hybridized carbons (Fsp3) is 0.288. The molecule has 3 amide bonds. The number of amides is 3. The van der Waals surface area contributed by atoms with Crippen molar-refractivity contribution >= 4 is 41.2 Å². The minimum Gasteiger partial charge on any atom is -0.491 e. The van der Waals surface area contributed by atoms with E-state index < -0.39 is 64.4 Å². The zero-order chi connectivity index (χ0) is 52.3. The number of benzene rings is 5. The molecule has 5 aliphatic rings. The number of carbonyl (C=O) groups is 4. The maximum Gasteiger partial charge on any atom is 0.421 e. The monoisotopic (exact) mass is 1020 g/mol. The van der Waals surface area contributed by atoms with Gasteiger partial charge in [0.1, 0.15) is 36.5 Å². The molecule has 1 N–H and O–H groups in total. The van der Waals surface area contributed by atoms with Crippen molar-refractivity contribution in [2.24, 2.45) is 5.92 Å². The van der Waals surface area contributed by atoms with Crippen LogP contribution in [0.1, 0.15) is 77.3 Å². The molecule has 0 bridgehead atoms.